The maximum atomic E-state index is 15.7. The van der Waals surface area contributed by atoms with E-state index >= 15 is 4.39 Å². The van der Waals surface area contributed by atoms with Gasteiger partial charge in [-0.05, 0) is 68.0 Å². The van der Waals surface area contributed by atoms with Gasteiger partial charge in [0.1, 0.15) is 23.9 Å². The fourth-order valence-electron chi connectivity index (χ4n) is 5.78. The van der Waals surface area contributed by atoms with Crippen molar-refractivity contribution in [2.75, 3.05) is 28.2 Å². The van der Waals surface area contributed by atoms with Gasteiger partial charge in [0, 0.05) is 26.2 Å². The number of rotatable bonds is 8. The number of likely N-dealkylation sites (N-methyl/N-ethyl adjacent to an activating group) is 1. The van der Waals surface area contributed by atoms with Crippen LogP contribution in [0.15, 0.2) is 42.5 Å². The number of hydrogen-bond acceptors (Lipinski definition) is 4. The summed E-state index contributed by atoms with van der Waals surface area (Å²) in [5, 5.41) is 2.99. The molecule has 0 spiro atoms. The molecular formula is C30H39FN4O3. The van der Waals surface area contributed by atoms with E-state index in [1.807, 2.05) is 57.1 Å². The molecule has 1 aliphatic carbocycles. The van der Waals surface area contributed by atoms with E-state index in [1.165, 1.54) is 27.0 Å². The Kier molecular flexibility index (Phi) is 8.21. The van der Waals surface area contributed by atoms with Crippen LogP contribution < -0.4 is 5.32 Å². The van der Waals surface area contributed by atoms with Crippen molar-refractivity contribution in [3.05, 3.63) is 70.5 Å². The second kappa shape index (κ2) is 11.2. The monoisotopic (exact) mass is 522 g/mol. The lowest BCUT2D eigenvalue weighted by molar-refractivity contribution is -0.159. The number of fused-ring (bicyclic) bond motifs is 1. The third-order valence-corrected chi connectivity index (χ3v) is 7.52. The Morgan fingerprint density at radius 1 is 1.05 bits per heavy atom. The lowest BCUT2D eigenvalue weighted by Crippen LogP contribution is -2.67. The third-order valence-electron chi connectivity index (χ3n) is 7.52. The summed E-state index contributed by atoms with van der Waals surface area (Å²) in [5.41, 5.74) is 3.20. The molecular weight excluding hydrogens is 483 g/mol. The fraction of sp³-hybridized carbons (Fsp3) is 0.500. The predicted molar refractivity (Wildman–Crippen MR) is 145 cm³/mol. The summed E-state index contributed by atoms with van der Waals surface area (Å²) in [6, 6.07) is 9.93. The average molecular weight is 523 g/mol. The Morgan fingerprint density at radius 2 is 1.68 bits per heavy atom. The van der Waals surface area contributed by atoms with Crippen molar-refractivity contribution in [2.45, 2.75) is 57.8 Å². The molecule has 2 aliphatic rings. The molecule has 1 N–H and O–H groups in total. The number of nitrogens with zero attached hydrogens (tertiary/aromatic N) is 3. The molecule has 1 saturated heterocycles. The number of carbonyl (C=O) groups excluding carboxylic acids is 3. The topological polar surface area (TPSA) is 73.0 Å². The van der Waals surface area contributed by atoms with Gasteiger partial charge in [-0.3, -0.25) is 14.4 Å². The van der Waals surface area contributed by atoms with Crippen LogP contribution in [0.5, 0.6) is 0 Å². The maximum absolute atomic E-state index is 15.7. The molecule has 0 bridgehead atoms. The molecule has 1 aliphatic heterocycles. The fourth-order valence-corrected chi connectivity index (χ4v) is 5.78. The summed E-state index contributed by atoms with van der Waals surface area (Å²) in [7, 11) is 6.97. The molecule has 0 radical (unpaired) electrons. The first-order valence-electron chi connectivity index (χ1n) is 13.3. The number of nitrogens with one attached hydrogen (secondary N) is 1. The zero-order valence-corrected chi connectivity index (χ0v) is 23.2. The molecule has 0 aromatic heterocycles. The molecule has 3 atom stereocenters. The maximum Gasteiger partial charge on any atom is 0.249 e. The first-order valence-corrected chi connectivity index (χ1v) is 13.3. The minimum absolute atomic E-state index is 0.0794. The highest BCUT2D eigenvalue weighted by molar-refractivity contribution is 6.00. The van der Waals surface area contributed by atoms with Gasteiger partial charge in [0.25, 0.3) is 0 Å². The van der Waals surface area contributed by atoms with Crippen molar-refractivity contribution in [2.24, 2.45) is 11.8 Å². The third kappa shape index (κ3) is 5.60. The van der Waals surface area contributed by atoms with Crippen LogP contribution >= 0.6 is 0 Å². The predicted octanol–water partition coefficient (Wildman–Crippen LogP) is 3.17. The van der Waals surface area contributed by atoms with E-state index in [0.717, 1.165) is 5.56 Å². The SMILES string of the molecule is CC(C)CC1C(=O)NC(C2Cc3ccccc3C2)C(=O)N1C(C(=O)N(C)C)c1ccc(CN(C)C)cc1F. The Bertz CT molecular complexity index is 1190. The lowest BCUT2D eigenvalue weighted by atomic mass is 9.87. The van der Waals surface area contributed by atoms with Crippen LogP contribution in [-0.2, 0) is 33.8 Å². The first kappa shape index (κ1) is 27.8. The number of benzene rings is 2. The van der Waals surface area contributed by atoms with Crippen molar-refractivity contribution < 1.29 is 18.8 Å². The van der Waals surface area contributed by atoms with Gasteiger partial charge in [0.15, 0.2) is 0 Å². The van der Waals surface area contributed by atoms with E-state index in [1.54, 1.807) is 26.2 Å². The van der Waals surface area contributed by atoms with Gasteiger partial charge in [-0.15, -0.1) is 0 Å². The zero-order valence-electron chi connectivity index (χ0n) is 23.2. The average Bonchev–Trinajstić information content (AvgIpc) is 3.27. The molecule has 7 nitrogen and oxygen atoms in total. The van der Waals surface area contributed by atoms with Crippen LogP contribution in [0.25, 0.3) is 0 Å². The molecule has 2 aromatic rings. The van der Waals surface area contributed by atoms with E-state index in [-0.39, 0.29) is 29.2 Å². The molecule has 8 heteroatoms. The Labute approximate surface area is 225 Å². The summed E-state index contributed by atoms with van der Waals surface area (Å²) in [5.74, 6) is -1.67. The summed E-state index contributed by atoms with van der Waals surface area (Å²) in [4.78, 5) is 46.2. The highest BCUT2D eigenvalue weighted by Gasteiger charge is 2.50. The first-order chi connectivity index (χ1) is 18.0. The largest absolute Gasteiger partial charge is 0.347 e. The smallest absolute Gasteiger partial charge is 0.249 e. The summed E-state index contributed by atoms with van der Waals surface area (Å²) >= 11 is 0. The van der Waals surface area contributed by atoms with Crippen LogP contribution in [0.2, 0.25) is 0 Å². The molecule has 4 rings (SSSR count). The van der Waals surface area contributed by atoms with Crippen LogP contribution in [0.1, 0.15) is 48.6 Å². The van der Waals surface area contributed by atoms with Gasteiger partial charge in [-0.2, -0.15) is 0 Å². The number of halogens is 1. The molecule has 38 heavy (non-hydrogen) atoms. The Morgan fingerprint density at radius 3 is 2.21 bits per heavy atom. The minimum Gasteiger partial charge on any atom is -0.347 e. The standard InChI is InChI=1S/C30H39FN4O3/c1-18(2)13-25-28(36)32-26(22-15-20-9-7-8-10-21(20)16-22)29(37)35(25)27(30(38)34(5)6)23-12-11-19(14-24(23)31)17-33(3)4/h7-12,14,18,22,25-27H,13,15-17H2,1-6H3,(H,32,36). The minimum atomic E-state index is -1.24. The van der Waals surface area contributed by atoms with Crippen molar-refractivity contribution in [3.8, 4) is 0 Å². The van der Waals surface area contributed by atoms with Crippen LogP contribution in [0, 0.1) is 17.7 Å². The summed E-state index contributed by atoms with van der Waals surface area (Å²) < 4.78 is 15.7. The Balaban J connectivity index is 1.77. The van der Waals surface area contributed by atoms with E-state index in [4.69, 9.17) is 0 Å². The normalized spacial score (nSPS) is 20.6. The van der Waals surface area contributed by atoms with Crippen molar-refractivity contribution in [3.63, 3.8) is 0 Å². The van der Waals surface area contributed by atoms with Gasteiger partial charge >= 0.3 is 0 Å². The second-order valence-corrected chi connectivity index (χ2v) is 11.5. The second-order valence-electron chi connectivity index (χ2n) is 11.5. The van der Waals surface area contributed by atoms with Crippen LogP contribution in [0.4, 0.5) is 4.39 Å². The molecule has 0 saturated carbocycles. The summed E-state index contributed by atoms with van der Waals surface area (Å²) in [6.45, 7) is 4.47. The highest BCUT2D eigenvalue weighted by Crippen LogP contribution is 2.36. The van der Waals surface area contributed by atoms with E-state index in [0.29, 0.717) is 25.8 Å². The van der Waals surface area contributed by atoms with E-state index in [9.17, 15) is 14.4 Å². The van der Waals surface area contributed by atoms with Crippen molar-refractivity contribution in [1.82, 2.24) is 20.0 Å². The van der Waals surface area contributed by atoms with Gasteiger partial charge in [0.05, 0.1) is 0 Å². The van der Waals surface area contributed by atoms with Crippen molar-refractivity contribution >= 4 is 17.7 Å². The number of carbonyl (C=O) groups is 3. The molecule has 3 unspecified atom stereocenters. The molecule has 204 valence electrons. The van der Waals surface area contributed by atoms with Gasteiger partial charge < -0.3 is 20.0 Å². The van der Waals surface area contributed by atoms with Gasteiger partial charge in [-0.25, -0.2) is 4.39 Å². The number of amides is 3. The molecule has 1 fully saturated rings. The number of piperazine rings is 1. The molecule has 1 heterocycles. The van der Waals surface area contributed by atoms with Crippen LogP contribution in [-0.4, -0.2) is 72.7 Å². The van der Waals surface area contributed by atoms with E-state index in [2.05, 4.69) is 5.32 Å². The Hall–Kier alpha value is -3.26. The quantitative estimate of drug-likeness (QED) is 0.578. The van der Waals surface area contributed by atoms with Crippen LogP contribution in [0.3, 0.4) is 0 Å². The molecule has 2 aromatic carbocycles. The highest BCUT2D eigenvalue weighted by atomic mass is 19.1. The lowest BCUT2D eigenvalue weighted by Gasteiger charge is -2.45. The summed E-state index contributed by atoms with van der Waals surface area (Å²) in [6.07, 6.45) is 1.69. The zero-order chi connectivity index (χ0) is 27.7. The van der Waals surface area contributed by atoms with Gasteiger partial charge in [0.2, 0.25) is 17.7 Å². The molecule has 3 amide bonds. The van der Waals surface area contributed by atoms with Crippen molar-refractivity contribution in [1.29, 1.82) is 0 Å². The van der Waals surface area contributed by atoms with E-state index < -0.39 is 29.8 Å². The van der Waals surface area contributed by atoms with Gasteiger partial charge in [-0.1, -0.05) is 50.2 Å². The number of hydrogen-bond donors (Lipinski definition) is 1.